The molecule has 0 bridgehead atoms. The smallest absolute Gasteiger partial charge is 0.343 e. The van der Waals surface area contributed by atoms with E-state index in [1.165, 1.54) is 18.9 Å². The van der Waals surface area contributed by atoms with Crippen LogP contribution < -0.4 is 24.3 Å². The van der Waals surface area contributed by atoms with Gasteiger partial charge < -0.3 is 24.3 Å². The van der Waals surface area contributed by atoms with E-state index in [0.717, 1.165) is 5.75 Å². The summed E-state index contributed by atoms with van der Waals surface area (Å²) in [6, 6.07) is 17.2. The topological polar surface area (TPSA) is 95.5 Å². The first-order valence-electron chi connectivity index (χ1n) is 10.6. The maximum absolute atomic E-state index is 12.6. The number of thioether (sulfide) groups is 1. The van der Waals surface area contributed by atoms with Crippen molar-refractivity contribution in [3.8, 4) is 23.0 Å². The number of hydrogen-bond donors (Lipinski definition) is 1. The molecule has 0 aromatic heterocycles. The van der Waals surface area contributed by atoms with Crippen molar-refractivity contribution in [2.24, 2.45) is 4.99 Å². The zero-order chi connectivity index (χ0) is 25.7. The predicted molar refractivity (Wildman–Crippen MR) is 142 cm³/mol. The van der Waals surface area contributed by atoms with Crippen molar-refractivity contribution in [2.75, 3.05) is 21.3 Å². The summed E-state index contributed by atoms with van der Waals surface area (Å²) in [5.74, 6) is 1.10. The van der Waals surface area contributed by atoms with E-state index in [9.17, 15) is 9.59 Å². The standard InChI is InChI=1S/C26H21BrN2O6S/c1-32-18-8-4-16(5-9-18)25(31)35-23-20(27)12-15(13-21(23)34-3)14-22-24(30)29-26(36-22)28-17-6-10-19(33-2)11-7-17/h4-14H,1-3H3,(H,28,29,30). The minimum Gasteiger partial charge on any atom is -0.497 e. The van der Waals surface area contributed by atoms with Gasteiger partial charge in [0.2, 0.25) is 0 Å². The van der Waals surface area contributed by atoms with Crippen molar-refractivity contribution in [3.05, 3.63) is 81.2 Å². The first-order valence-corrected chi connectivity index (χ1v) is 12.2. The lowest BCUT2D eigenvalue weighted by molar-refractivity contribution is -0.115. The van der Waals surface area contributed by atoms with E-state index < -0.39 is 5.97 Å². The fourth-order valence-corrected chi connectivity index (χ4v) is 4.59. The highest BCUT2D eigenvalue weighted by Crippen LogP contribution is 2.39. The van der Waals surface area contributed by atoms with E-state index in [2.05, 4.69) is 26.2 Å². The number of hydrogen-bond acceptors (Lipinski definition) is 8. The van der Waals surface area contributed by atoms with Crippen LogP contribution in [0.15, 0.2) is 75.0 Å². The van der Waals surface area contributed by atoms with Gasteiger partial charge in [-0.2, -0.15) is 0 Å². The Labute approximate surface area is 220 Å². The lowest BCUT2D eigenvalue weighted by Crippen LogP contribution is -2.19. The van der Waals surface area contributed by atoms with Crippen molar-refractivity contribution >= 4 is 56.5 Å². The summed E-state index contributed by atoms with van der Waals surface area (Å²) in [6.07, 6.45) is 1.71. The Bertz CT molecular complexity index is 1350. The summed E-state index contributed by atoms with van der Waals surface area (Å²) in [7, 11) is 4.62. The van der Waals surface area contributed by atoms with E-state index >= 15 is 0 Å². The molecule has 1 amide bonds. The molecule has 10 heteroatoms. The fourth-order valence-electron chi connectivity index (χ4n) is 3.21. The van der Waals surface area contributed by atoms with Crippen molar-refractivity contribution in [2.45, 2.75) is 0 Å². The number of aliphatic imine (C=N–C) groups is 1. The second-order valence-electron chi connectivity index (χ2n) is 7.33. The van der Waals surface area contributed by atoms with E-state index in [0.29, 0.717) is 42.9 Å². The third-order valence-corrected chi connectivity index (χ3v) is 6.52. The number of amidine groups is 1. The molecule has 0 unspecified atom stereocenters. The van der Waals surface area contributed by atoms with Gasteiger partial charge in [0.05, 0.1) is 42.0 Å². The molecular formula is C26H21BrN2O6S. The Hall–Kier alpha value is -3.76. The van der Waals surface area contributed by atoms with Crippen molar-refractivity contribution in [3.63, 3.8) is 0 Å². The van der Waals surface area contributed by atoms with Crippen LogP contribution in [0.25, 0.3) is 6.08 Å². The summed E-state index contributed by atoms with van der Waals surface area (Å²) in [4.78, 5) is 30.1. The maximum Gasteiger partial charge on any atom is 0.343 e. The van der Waals surface area contributed by atoms with Crippen molar-refractivity contribution in [1.29, 1.82) is 0 Å². The molecule has 1 aliphatic rings. The average Bonchev–Trinajstić information content (AvgIpc) is 3.23. The molecule has 184 valence electrons. The molecule has 8 nitrogen and oxygen atoms in total. The zero-order valence-corrected chi connectivity index (χ0v) is 21.9. The van der Waals surface area contributed by atoms with Crippen LogP contribution in [0.2, 0.25) is 0 Å². The third-order valence-electron chi connectivity index (χ3n) is 5.02. The number of halogens is 1. The van der Waals surface area contributed by atoms with Crippen LogP contribution in [0.5, 0.6) is 23.0 Å². The van der Waals surface area contributed by atoms with Gasteiger partial charge in [-0.25, -0.2) is 9.79 Å². The number of nitrogens with zero attached hydrogens (tertiary/aromatic N) is 1. The molecule has 0 aliphatic carbocycles. The SMILES string of the molecule is COc1ccc(N=C2NC(=O)C(=Cc3cc(Br)c(OC(=O)c4ccc(OC)cc4)c(OC)c3)S2)cc1. The van der Waals surface area contributed by atoms with Gasteiger partial charge >= 0.3 is 5.97 Å². The van der Waals surface area contributed by atoms with Crippen LogP contribution in [-0.2, 0) is 4.79 Å². The minimum absolute atomic E-state index is 0.228. The molecule has 1 heterocycles. The molecule has 0 atom stereocenters. The summed E-state index contributed by atoms with van der Waals surface area (Å²) >= 11 is 4.67. The second kappa shape index (κ2) is 11.3. The van der Waals surface area contributed by atoms with E-state index in [1.807, 2.05) is 0 Å². The quantitative estimate of drug-likeness (QED) is 0.225. The lowest BCUT2D eigenvalue weighted by atomic mass is 10.1. The Balaban J connectivity index is 1.53. The summed E-state index contributed by atoms with van der Waals surface area (Å²) in [5.41, 5.74) is 1.72. The molecule has 0 saturated carbocycles. The molecule has 36 heavy (non-hydrogen) atoms. The van der Waals surface area contributed by atoms with Gasteiger partial charge in [0.15, 0.2) is 16.7 Å². The van der Waals surface area contributed by atoms with E-state index in [-0.39, 0.29) is 11.7 Å². The van der Waals surface area contributed by atoms with Crippen LogP contribution in [0.4, 0.5) is 5.69 Å². The Morgan fingerprint density at radius 1 is 0.944 bits per heavy atom. The molecule has 3 aromatic rings. The molecule has 1 aliphatic heterocycles. The number of carbonyl (C=O) groups is 2. The highest BCUT2D eigenvalue weighted by molar-refractivity contribution is 9.10. The van der Waals surface area contributed by atoms with E-state index in [1.54, 1.807) is 81.0 Å². The van der Waals surface area contributed by atoms with Gasteiger partial charge in [-0.05, 0) is 100.0 Å². The van der Waals surface area contributed by atoms with E-state index in [4.69, 9.17) is 18.9 Å². The van der Waals surface area contributed by atoms with Gasteiger partial charge in [-0.1, -0.05) is 0 Å². The number of amides is 1. The van der Waals surface area contributed by atoms with Gasteiger partial charge in [0, 0.05) is 0 Å². The monoisotopic (exact) mass is 568 g/mol. The number of esters is 1. The lowest BCUT2D eigenvalue weighted by Gasteiger charge is -2.12. The van der Waals surface area contributed by atoms with Gasteiger partial charge in [0.25, 0.3) is 5.91 Å². The minimum atomic E-state index is -0.548. The highest BCUT2D eigenvalue weighted by Gasteiger charge is 2.24. The maximum atomic E-state index is 12.6. The fraction of sp³-hybridized carbons (Fsp3) is 0.115. The largest absolute Gasteiger partial charge is 0.497 e. The summed E-state index contributed by atoms with van der Waals surface area (Å²) in [5, 5.41) is 3.23. The number of nitrogens with one attached hydrogen (secondary N) is 1. The number of benzene rings is 3. The number of rotatable bonds is 7. The molecule has 4 rings (SSSR count). The van der Waals surface area contributed by atoms with Crippen LogP contribution in [0.1, 0.15) is 15.9 Å². The second-order valence-corrected chi connectivity index (χ2v) is 9.22. The van der Waals surface area contributed by atoms with Crippen molar-refractivity contribution < 1.29 is 28.5 Å². The molecule has 1 saturated heterocycles. The van der Waals surface area contributed by atoms with Gasteiger partial charge in [-0.3, -0.25) is 4.79 Å². The Kier molecular flexibility index (Phi) is 7.97. The van der Waals surface area contributed by atoms with Crippen LogP contribution in [-0.4, -0.2) is 38.4 Å². The molecule has 1 fully saturated rings. The number of carbonyl (C=O) groups excluding carboxylic acids is 2. The van der Waals surface area contributed by atoms with Crippen LogP contribution in [0, 0.1) is 0 Å². The van der Waals surface area contributed by atoms with Crippen LogP contribution in [0.3, 0.4) is 0 Å². The number of methoxy groups -OCH3 is 3. The molecule has 1 N–H and O–H groups in total. The first kappa shape index (κ1) is 25.3. The zero-order valence-electron chi connectivity index (χ0n) is 19.5. The first-order chi connectivity index (χ1) is 17.4. The van der Waals surface area contributed by atoms with Gasteiger partial charge in [-0.15, -0.1) is 0 Å². The number of ether oxygens (including phenoxy) is 4. The summed E-state index contributed by atoms with van der Waals surface area (Å²) in [6.45, 7) is 0. The Morgan fingerprint density at radius 3 is 2.19 bits per heavy atom. The predicted octanol–water partition coefficient (Wildman–Crippen LogP) is 5.59. The average molecular weight is 569 g/mol. The molecule has 0 spiro atoms. The normalized spacial score (nSPS) is 15.1. The Morgan fingerprint density at radius 2 is 1.58 bits per heavy atom. The van der Waals surface area contributed by atoms with Crippen LogP contribution >= 0.6 is 27.7 Å². The van der Waals surface area contributed by atoms with Gasteiger partial charge in [0.1, 0.15) is 11.5 Å². The molecular weight excluding hydrogens is 548 g/mol. The van der Waals surface area contributed by atoms with Crippen molar-refractivity contribution in [1.82, 2.24) is 5.32 Å². The highest BCUT2D eigenvalue weighted by atomic mass is 79.9. The molecule has 0 radical (unpaired) electrons. The third kappa shape index (κ3) is 5.89. The summed E-state index contributed by atoms with van der Waals surface area (Å²) < 4.78 is 21.8. The molecule has 3 aromatic carbocycles.